The zero-order valence-electron chi connectivity index (χ0n) is 18.3. The van der Waals surface area contributed by atoms with Gasteiger partial charge in [0, 0.05) is 37.9 Å². The molecule has 0 saturated carbocycles. The fourth-order valence-electron chi connectivity index (χ4n) is 3.66. The van der Waals surface area contributed by atoms with Gasteiger partial charge in [0.1, 0.15) is 0 Å². The zero-order chi connectivity index (χ0) is 27.1. The van der Waals surface area contributed by atoms with Crippen molar-refractivity contribution in [2.24, 2.45) is 0 Å². The molecule has 0 unspecified atom stereocenters. The standard InChI is InChI=1S/C17H18N4O.2C2HF3O2/c22-17-10-16-15(21(17)14-5-3-7-18-11-14)6-9-20(16)12-13-4-1-2-8-19-13;2*3-2(4,5)1(6)7/h1-5,7-8,11,15-16H,6,9-10,12H2;2*(H,6,7)/t15-,16+;;/m0../s1. The average molecular weight is 522 g/mol. The van der Waals surface area contributed by atoms with Crippen LogP contribution in [0.15, 0.2) is 48.9 Å². The summed E-state index contributed by atoms with van der Waals surface area (Å²) in [5.41, 5.74) is 1.98. The number of rotatable bonds is 3. The van der Waals surface area contributed by atoms with Crippen LogP contribution in [0, 0.1) is 0 Å². The molecule has 2 saturated heterocycles. The second-order valence-corrected chi connectivity index (χ2v) is 7.50. The molecular formula is C21H20F6N4O5. The van der Waals surface area contributed by atoms with E-state index in [4.69, 9.17) is 19.8 Å². The Labute approximate surface area is 200 Å². The number of pyridine rings is 2. The van der Waals surface area contributed by atoms with Crippen LogP contribution in [0.2, 0.25) is 0 Å². The molecule has 0 bridgehead atoms. The minimum atomic E-state index is -5.08. The topological polar surface area (TPSA) is 124 Å². The number of carbonyl (C=O) groups excluding carboxylic acids is 1. The third kappa shape index (κ3) is 7.90. The molecule has 0 spiro atoms. The van der Waals surface area contributed by atoms with Gasteiger partial charge >= 0.3 is 24.3 Å². The van der Waals surface area contributed by atoms with Crippen LogP contribution in [-0.4, -0.2) is 73.9 Å². The van der Waals surface area contributed by atoms with E-state index in [2.05, 4.69) is 14.9 Å². The maximum atomic E-state index is 12.4. The number of alkyl halides is 6. The van der Waals surface area contributed by atoms with Gasteiger partial charge in [0.05, 0.1) is 23.6 Å². The number of carboxylic acids is 2. The lowest BCUT2D eigenvalue weighted by molar-refractivity contribution is -0.193. The normalized spacial score (nSPS) is 19.5. The van der Waals surface area contributed by atoms with Crippen molar-refractivity contribution >= 4 is 23.5 Å². The summed E-state index contributed by atoms with van der Waals surface area (Å²) in [5.74, 6) is -5.31. The number of nitrogens with zero attached hydrogens (tertiary/aromatic N) is 4. The molecule has 15 heteroatoms. The van der Waals surface area contributed by atoms with Crippen LogP contribution in [0.3, 0.4) is 0 Å². The van der Waals surface area contributed by atoms with E-state index in [1.165, 1.54) is 0 Å². The Kier molecular flexibility index (Phi) is 9.33. The van der Waals surface area contributed by atoms with E-state index < -0.39 is 24.3 Å². The molecule has 4 heterocycles. The first-order valence-electron chi connectivity index (χ1n) is 10.2. The molecule has 2 aliphatic heterocycles. The Hall–Kier alpha value is -3.75. The fraction of sp³-hybridized carbons (Fsp3) is 0.381. The number of likely N-dealkylation sites (tertiary alicyclic amines) is 1. The van der Waals surface area contributed by atoms with Gasteiger partial charge in [-0.2, -0.15) is 26.3 Å². The minimum Gasteiger partial charge on any atom is -0.475 e. The van der Waals surface area contributed by atoms with Crippen molar-refractivity contribution in [1.29, 1.82) is 0 Å². The lowest BCUT2D eigenvalue weighted by Gasteiger charge is -2.25. The number of anilines is 1. The summed E-state index contributed by atoms with van der Waals surface area (Å²) in [6.07, 6.45) is -3.22. The summed E-state index contributed by atoms with van der Waals surface area (Å²) in [4.78, 5) is 43.1. The number of carboxylic acid groups (broad SMARTS) is 2. The van der Waals surface area contributed by atoms with Gasteiger partial charge in [-0.3, -0.25) is 19.7 Å². The quantitative estimate of drug-likeness (QED) is 0.590. The van der Waals surface area contributed by atoms with Crippen molar-refractivity contribution in [3.63, 3.8) is 0 Å². The molecule has 2 aromatic rings. The SMILES string of the molecule is O=C(O)C(F)(F)F.O=C(O)C(F)(F)F.O=C1C[C@@H]2[C@H](CCN2Cc2ccccn2)N1c1cccnc1. The number of amides is 1. The molecule has 2 aliphatic rings. The summed E-state index contributed by atoms with van der Waals surface area (Å²) in [7, 11) is 0. The van der Waals surface area contributed by atoms with Crippen molar-refractivity contribution in [3.05, 3.63) is 54.6 Å². The largest absolute Gasteiger partial charge is 0.490 e. The van der Waals surface area contributed by atoms with Gasteiger partial charge < -0.3 is 15.1 Å². The number of aromatic nitrogens is 2. The molecule has 1 amide bonds. The molecule has 36 heavy (non-hydrogen) atoms. The second kappa shape index (κ2) is 11.8. The highest BCUT2D eigenvalue weighted by Gasteiger charge is 2.47. The van der Waals surface area contributed by atoms with Gasteiger partial charge in [0.15, 0.2) is 0 Å². The average Bonchev–Trinajstić information content (AvgIpc) is 3.32. The molecule has 196 valence electrons. The van der Waals surface area contributed by atoms with E-state index >= 15 is 0 Å². The molecule has 0 aromatic carbocycles. The van der Waals surface area contributed by atoms with E-state index in [1.54, 1.807) is 12.4 Å². The Balaban J connectivity index is 0.000000271. The van der Waals surface area contributed by atoms with Crippen LogP contribution in [0.5, 0.6) is 0 Å². The van der Waals surface area contributed by atoms with Crippen molar-refractivity contribution in [2.45, 2.75) is 43.8 Å². The predicted octanol–water partition coefficient (Wildman–Crippen LogP) is 3.12. The summed E-state index contributed by atoms with van der Waals surface area (Å²) >= 11 is 0. The maximum Gasteiger partial charge on any atom is 0.490 e. The van der Waals surface area contributed by atoms with Gasteiger partial charge in [-0.05, 0) is 30.7 Å². The summed E-state index contributed by atoms with van der Waals surface area (Å²) in [6.45, 7) is 1.83. The molecular weight excluding hydrogens is 502 g/mol. The number of halogens is 6. The summed E-state index contributed by atoms with van der Waals surface area (Å²) in [6, 6.07) is 10.4. The third-order valence-electron chi connectivity index (χ3n) is 5.11. The van der Waals surface area contributed by atoms with Gasteiger partial charge in [0.2, 0.25) is 5.91 Å². The second-order valence-electron chi connectivity index (χ2n) is 7.50. The van der Waals surface area contributed by atoms with Gasteiger partial charge in [-0.25, -0.2) is 9.59 Å². The third-order valence-corrected chi connectivity index (χ3v) is 5.11. The first-order valence-corrected chi connectivity index (χ1v) is 10.2. The van der Waals surface area contributed by atoms with E-state index in [9.17, 15) is 31.1 Å². The summed E-state index contributed by atoms with van der Waals surface area (Å²) < 4.78 is 63.5. The van der Waals surface area contributed by atoms with E-state index in [0.717, 1.165) is 30.9 Å². The highest BCUT2D eigenvalue weighted by atomic mass is 19.4. The van der Waals surface area contributed by atoms with Gasteiger partial charge in [0.25, 0.3) is 0 Å². The highest BCUT2D eigenvalue weighted by molar-refractivity contribution is 5.97. The molecule has 2 N–H and O–H groups in total. The van der Waals surface area contributed by atoms with E-state index in [1.807, 2.05) is 41.4 Å². The van der Waals surface area contributed by atoms with Crippen LogP contribution < -0.4 is 4.90 Å². The smallest absolute Gasteiger partial charge is 0.475 e. The van der Waals surface area contributed by atoms with Gasteiger partial charge in [-0.1, -0.05) is 6.07 Å². The number of carbonyl (C=O) groups is 3. The molecule has 9 nitrogen and oxygen atoms in total. The predicted molar refractivity (Wildman–Crippen MR) is 111 cm³/mol. The number of fused-ring (bicyclic) bond motifs is 1. The maximum absolute atomic E-state index is 12.4. The van der Waals surface area contributed by atoms with Crippen LogP contribution >= 0.6 is 0 Å². The first kappa shape index (κ1) is 28.5. The number of hydrogen-bond acceptors (Lipinski definition) is 6. The van der Waals surface area contributed by atoms with Crippen molar-refractivity contribution in [3.8, 4) is 0 Å². The molecule has 2 aromatic heterocycles. The first-order chi connectivity index (χ1) is 16.7. The minimum absolute atomic E-state index is 0.203. The number of hydrogen-bond donors (Lipinski definition) is 2. The number of aliphatic carboxylic acids is 2. The van der Waals surface area contributed by atoms with E-state index in [-0.39, 0.29) is 18.0 Å². The molecule has 0 aliphatic carbocycles. The van der Waals surface area contributed by atoms with Crippen LogP contribution in [0.25, 0.3) is 0 Å². The van der Waals surface area contributed by atoms with Crippen LogP contribution in [-0.2, 0) is 20.9 Å². The molecule has 2 fully saturated rings. The Bertz CT molecular complexity index is 1010. The lowest BCUT2D eigenvalue weighted by Crippen LogP contribution is -2.37. The Morgan fingerprint density at radius 2 is 1.56 bits per heavy atom. The van der Waals surface area contributed by atoms with E-state index in [0.29, 0.717) is 6.42 Å². The lowest BCUT2D eigenvalue weighted by atomic mass is 10.1. The Morgan fingerprint density at radius 3 is 2.03 bits per heavy atom. The highest BCUT2D eigenvalue weighted by Crippen LogP contribution is 2.36. The molecule has 0 radical (unpaired) electrons. The van der Waals surface area contributed by atoms with Crippen molar-refractivity contribution < 1.29 is 50.9 Å². The van der Waals surface area contributed by atoms with Gasteiger partial charge in [-0.15, -0.1) is 0 Å². The fourth-order valence-corrected chi connectivity index (χ4v) is 3.66. The van der Waals surface area contributed by atoms with Crippen LogP contribution in [0.1, 0.15) is 18.5 Å². The van der Waals surface area contributed by atoms with Crippen molar-refractivity contribution in [1.82, 2.24) is 14.9 Å². The zero-order valence-corrected chi connectivity index (χ0v) is 18.3. The summed E-state index contributed by atoms with van der Waals surface area (Å²) in [5, 5.41) is 14.2. The molecule has 2 atom stereocenters. The van der Waals surface area contributed by atoms with Crippen molar-refractivity contribution in [2.75, 3.05) is 11.4 Å². The monoisotopic (exact) mass is 522 g/mol. The molecule has 4 rings (SSSR count). The Morgan fingerprint density at radius 1 is 0.944 bits per heavy atom. The van der Waals surface area contributed by atoms with Crippen LogP contribution in [0.4, 0.5) is 32.0 Å².